The maximum absolute atomic E-state index is 5.00. The molecule has 0 aliphatic rings. The van der Waals surface area contributed by atoms with Crippen LogP contribution in [0, 0.1) is 0 Å². The lowest BCUT2D eigenvalue weighted by molar-refractivity contribution is 0.199. The van der Waals surface area contributed by atoms with Gasteiger partial charge in [0.15, 0.2) is 0 Å². The zero-order valence-corrected chi connectivity index (χ0v) is 12.3. The number of methoxy groups -OCH3 is 1. The van der Waals surface area contributed by atoms with Crippen LogP contribution in [0.4, 0.5) is 0 Å². The molecule has 2 aromatic rings. The molecular weight excluding hydrogens is 256 g/mol. The van der Waals surface area contributed by atoms with Crippen molar-refractivity contribution < 1.29 is 4.74 Å². The minimum atomic E-state index is 0.733. The van der Waals surface area contributed by atoms with E-state index in [1.807, 2.05) is 0 Å². The van der Waals surface area contributed by atoms with Crippen LogP contribution in [0.3, 0.4) is 0 Å². The zero-order chi connectivity index (χ0) is 13.5. The third-order valence-corrected chi connectivity index (χ3v) is 3.82. The van der Waals surface area contributed by atoms with Crippen LogP contribution in [0.2, 0.25) is 0 Å². The highest BCUT2D eigenvalue weighted by Gasteiger charge is 2.04. The molecule has 1 N–H and O–H groups in total. The fraction of sp³-hybridized carbons (Fsp3) is 0.400. The monoisotopic (exact) mass is 276 g/mol. The Hall–Kier alpha value is -1.23. The molecule has 1 aromatic carbocycles. The van der Waals surface area contributed by atoms with Crippen molar-refractivity contribution in [3.63, 3.8) is 0 Å². The largest absolute Gasteiger partial charge is 0.383 e. The first-order chi connectivity index (χ1) is 9.33. The number of nitrogens with one attached hydrogen (secondary N) is 1. The van der Waals surface area contributed by atoms with Gasteiger partial charge in [-0.1, -0.05) is 31.2 Å². The van der Waals surface area contributed by atoms with Crippen LogP contribution in [0.1, 0.15) is 17.5 Å². The van der Waals surface area contributed by atoms with E-state index in [-0.39, 0.29) is 0 Å². The second kappa shape index (κ2) is 7.38. The number of hydrogen-bond donors (Lipinski definition) is 1. The fourth-order valence-corrected chi connectivity index (χ4v) is 2.58. The minimum absolute atomic E-state index is 0.733. The van der Waals surface area contributed by atoms with E-state index in [2.05, 4.69) is 46.9 Å². The number of rotatable bonds is 7. The molecule has 102 valence electrons. The van der Waals surface area contributed by atoms with Gasteiger partial charge in [-0.2, -0.15) is 0 Å². The summed E-state index contributed by atoms with van der Waals surface area (Å²) < 4.78 is 5.00. The van der Waals surface area contributed by atoms with Gasteiger partial charge in [0.2, 0.25) is 0 Å². The number of aryl methyl sites for hydroxylation is 1. The Balaban J connectivity index is 1.95. The Kier molecular flexibility index (Phi) is 5.51. The lowest BCUT2D eigenvalue weighted by Crippen LogP contribution is -2.18. The van der Waals surface area contributed by atoms with E-state index in [0.29, 0.717) is 0 Å². The Morgan fingerprint density at radius 1 is 1.26 bits per heavy atom. The van der Waals surface area contributed by atoms with Gasteiger partial charge in [0, 0.05) is 31.1 Å². The fourth-order valence-electron chi connectivity index (χ4n) is 1.81. The highest BCUT2D eigenvalue weighted by molar-refractivity contribution is 7.09. The first-order valence-corrected chi connectivity index (χ1v) is 7.44. The van der Waals surface area contributed by atoms with E-state index in [4.69, 9.17) is 4.74 Å². The van der Waals surface area contributed by atoms with Gasteiger partial charge >= 0.3 is 0 Å². The number of hydrogen-bond acceptors (Lipinski definition) is 4. The summed E-state index contributed by atoms with van der Waals surface area (Å²) in [4.78, 5) is 4.65. The molecule has 3 nitrogen and oxygen atoms in total. The van der Waals surface area contributed by atoms with E-state index in [9.17, 15) is 0 Å². The molecule has 0 bridgehead atoms. The van der Waals surface area contributed by atoms with Crippen molar-refractivity contribution >= 4 is 11.3 Å². The van der Waals surface area contributed by atoms with Crippen molar-refractivity contribution in [1.29, 1.82) is 0 Å². The Morgan fingerprint density at radius 2 is 2.05 bits per heavy atom. The average Bonchev–Trinajstić information content (AvgIpc) is 2.92. The van der Waals surface area contributed by atoms with Gasteiger partial charge < -0.3 is 10.1 Å². The maximum Gasteiger partial charge on any atom is 0.107 e. The van der Waals surface area contributed by atoms with Crippen LogP contribution in [0.5, 0.6) is 0 Å². The summed E-state index contributed by atoms with van der Waals surface area (Å²) in [6.07, 6.45) is 1.08. The highest BCUT2D eigenvalue weighted by Crippen LogP contribution is 2.22. The number of benzene rings is 1. The molecule has 0 spiro atoms. The van der Waals surface area contributed by atoms with E-state index in [0.717, 1.165) is 36.8 Å². The van der Waals surface area contributed by atoms with Gasteiger partial charge in [-0.15, -0.1) is 11.3 Å². The third-order valence-electron chi connectivity index (χ3n) is 2.97. The number of ether oxygens (including phenoxy) is 1. The van der Waals surface area contributed by atoms with E-state index in [1.54, 1.807) is 18.4 Å². The van der Waals surface area contributed by atoms with Crippen molar-refractivity contribution in [3.05, 3.63) is 40.2 Å². The number of nitrogens with zero attached hydrogens (tertiary/aromatic N) is 1. The maximum atomic E-state index is 5.00. The zero-order valence-electron chi connectivity index (χ0n) is 11.5. The predicted octanol–water partition coefficient (Wildman–Crippen LogP) is 3.11. The lowest BCUT2D eigenvalue weighted by atomic mass is 10.1. The van der Waals surface area contributed by atoms with Gasteiger partial charge in [-0.3, -0.25) is 0 Å². The number of aromatic nitrogens is 1. The molecule has 0 aliphatic carbocycles. The second-order valence-corrected chi connectivity index (χ2v) is 5.29. The smallest absolute Gasteiger partial charge is 0.107 e. The van der Waals surface area contributed by atoms with Gasteiger partial charge in [-0.25, -0.2) is 4.98 Å². The van der Waals surface area contributed by atoms with Crippen molar-refractivity contribution in [3.8, 4) is 11.3 Å². The van der Waals surface area contributed by atoms with Crippen LogP contribution in [0.25, 0.3) is 11.3 Å². The second-order valence-electron chi connectivity index (χ2n) is 4.35. The molecule has 1 aromatic heterocycles. The molecule has 0 radical (unpaired) electrons. The summed E-state index contributed by atoms with van der Waals surface area (Å²) in [7, 11) is 1.71. The molecule has 0 saturated heterocycles. The molecule has 4 heteroatoms. The molecule has 0 saturated carbocycles. The summed E-state index contributed by atoms with van der Waals surface area (Å²) in [5, 5.41) is 6.54. The van der Waals surface area contributed by atoms with Gasteiger partial charge in [0.25, 0.3) is 0 Å². The normalized spacial score (nSPS) is 10.8. The summed E-state index contributed by atoms with van der Waals surface area (Å²) in [6.45, 7) is 4.57. The minimum Gasteiger partial charge on any atom is -0.383 e. The van der Waals surface area contributed by atoms with Crippen LogP contribution < -0.4 is 5.32 Å². The Labute approximate surface area is 118 Å². The molecule has 0 aliphatic heterocycles. The quantitative estimate of drug-likeness (QED) is 0.789. The summed E-state index contributed by atoms with van der Waals surface area (Å²) in [6, 6.07) is 8.64. The van der Waals surface area contributed by atoms with Gasteiger partial charge in [-0.05, 0) is 12.0 Å². The van der Waals surface area contributed by atoms with E-state index >= 15 is 0 Å². The molecule has 0 fully saturated rings. The summed E-state index contributed by atoms with van der Waals surface area (Å²) in [5.74, 6) is 0. The molecule has 0 unspecified atom stereocenters. The van der Waals surface area contributed by atoms with Crippen LogP contribution in [-0.4, -0.2) is 25.2 Å². The van der Waals surface area contributed by atoms with Crippen molar-refractivity contribution in [2.24, 2.45) is 0 Å². The predicted molar refractivity (Wildman–Crippen MR) is 80.5 cm³/mol. The van der Waals surface area contributed by atoms with Gasteiger partial charge in [0.1, 0.15) is 5.01 Å². The third kappa shape index (κ3) is 4.13. The standard InChI is InChI=1S/C15H20N2OS/c1-3-12-4-6-13(7-5-12)14-11-19-15(17-14)10-16-8-9-18-2/h4-7,11,16H,3,8-10H2,1-2H3. The van der Waals surface area contributed by atoms with E-state index < -0.39 is 0 Å². The van der Waals surface area contributed by atoms with Crippen molar-refractivity contribution in [2.75, 3.05) is 20.3 Å². The molecule has 19 heavy (non-hydrogen) atoms. The summed E-state index contributed by atoms with van der Waals surface area (Å²) in [5.41, 5.74) is 3.62. The lowest BCUT2D eigenvalue weighted by Gasteiger charge is -2.01. The van der Waals surface area contributed by atoms with Crippen molar-refractivity contribution in [2.45, 2.75) is 19.9 Å². The first kappa shape index (κ1) is 14.2. The summed E-state index contributed by atoms with van der Waals surface area (Å²) >= 11 is 1.70. The van der Waals surface area contributed by atoms with Crippen LogP contribution in [-0.2, 0) is 17.7 Å². The highest BCUT2D eigenvalue weighted by atomic mass is 32.1. The Bertz CT molecular complexity index is 493. The van der Waals surface area contributed by atoms with E-state index in [1.165, 1.54) is 11.1 Å². The average molecular weight is 276 g/mol. The number of thiazole rings is 1. The molecule has 2 rings (SSSR count). The first-order valence-electron chi connectivity index (χ1n) is 6.57. The van der Waals surface area contributed by atoms with Gasteiger partial charge in [0.05, 0.1) is 12.3 Å². The topological polar surface area (TPSA) is 34.1 Å². The molecule has 1 heterocycles. The van der Waals surface area contributed by atoms with Crippen molar-refractivity contribution in [1.82, 2.24) is 10.3 Å². The Morgan fingerprint density at radius 3 is 2.74 bits per heavy atom. The molecule has 0 amide bonds. The molecular formula is C15H20N2OS. The van der Waals surface area contributed by atoms with Crippen LogP contribution in [0.15, 0.2) is 29.6 Å². The SMILES string of the molecule is CCc1ccc(-c2csc(CNCCOC)n2)cc1. The van der Waals surface area contributed by atoms with Crippen LogP contribution >= 0.6 is 11.3 Å². The molecule has 0 atom stereocenters.